The minimum atomic E-state index is -0.630. The zero-order valence-corrected chi connectivity index (χ0v) is 8.11. The first-order valence-electron chi connectivity index (χ1n) is 4.01. The standard InChI is InChI=1S/C10H11NO3/c1-4-7-5-8(10(13)14-3)9(12)11(2)6-7/h4-6H,1H2,2-3H3. The number of ether oxygens (including phenoxy) is 1. The van der Waals surface area contributed by atoms with Crippen LogP contribution < -0.4 is 5.56 Å². The molecule has 4 heteroatoms. The molecule has 74 valence electrons. The van der Waals surface area contributed by atoms with Crippen LogP contribution in [0.5, 0.6) is 0 Å². The van der Waals surface area contributed by atoms with E-state index in [9.17, 15) is 9.59 Å². The third kappa shape index (κ3) is 1.74. The Morgan fingerprint density at radius 2 is 2.29 bits per heavy atom. The summed E-state index contributed by atoms with van der Waals surface area (Å²) in [5, 5.41) is 0. The van der Waals surface area contributed by atoms with Gasteiger partial charge in [-0.1, -0.05) is 12.7 Å². The Kier molecular flexibility index (Phi) is 2.86. The zero-order valence-electron chi connectivity index (χ0n) is 8.11. The number of rotatable bonds is 2. The van der Waals surface area contributed by atoms with Gasteiger partial charge in [0.2, 0.25) is 0 Å². The molecule has 0 aliphatic carbocycles. The van der Waals surface area contributed by atoms with Crippen LogP contribution in [0, 0.1) is 0 Å². The lowest BCUT2D eigenvalue weighted by Gasteiger charge is -2.03. The quantitative estimate of drug-likeness (QED) is 0.653. The van der Waals surface area contributed by atoms with E-state index in [2.05, 4.69) is 11.3 Å². The summed E-state index contributed by atoms with van der Waals surface area (Å²) in [7, 11) is 2.81. The van der Waals surface area contributed by atoms with Crippen molar-refractivity contribution in [3.05, 3.63) is 40.3 Å². The predicted molar refractivity (Wildman–Crippen MR) is 53.1 cm³/mol. The third-order valence-electron chi connectivity index (χ3n) is 1.85. The number of aromatic nitrogens is 1. The van der Waals surface area contributed by atoms with Crippen LogP contribution in [0.15, 0.2) is 23.6 Å². The van der Waals surface area contributed by atoms with E-state index in [4.69, 9.17) is 0 Å². The van der Waals surface area contributed by atoms with Gasteiger partial charge in [-0.15, -0.1) is 0 Å². The molecule has 0 spiro atoms. The van der Waals surface area contributed by atoms with Crippen LogP contribution >= 0.6 is 0 Å². The highest BCUT2D eigenvalue weighted by molar-refractivity contribution is 5.89. The molecule has 0 aromatic carbocycles. The summed E-state index contributed by atoms with van der Waals surface area (Å²) < 4.78 is 5.81. The van der Waals surface area contributed by atoms with E-state index < -0.39 is 5.97 Å². The molecule has 0 atom stereocenters. The van der Waals surface area contributed by atoms with Gasteiger partial charge in [0.15, 0.2) is 0 Å². The number of hydrogen-bond acceptors (Lipinski definition) is 3. The third-order valence-corrected chi connectivity index (χ3v) is 1.85. The first kappa shape index (κ1) is 10.2. The molecule has 0 aliphatic heterocycles. The van der Waals surface area contributed by atoms with Crippen molar-refractivity contribution in [2.24, 2.45) is 7.05 Å². The van der Waals surface area contributed by atoms with Crippen molar-refractivity contribution in [2.75, 3.05) is 7.11 Å². The van der Waals surface area contributed by atoms with Crippen molar-refractivity contribution in [3.63, 3.8) is 0 Å². The molecule has 4 nitrogen and oxygen atoms in total. The number of aryl methyl sites for hydroxylation is 1. The highest BCUT2D eigenvalue weighted by atomic mass is 16.5. The molecule has 0 amide bonds. The van der Waals surface area contributed by atoms with Gasteiger partial charge in [-0.25, -0.2) is 4.79 Å². The molecule has 0 unspecified atom stereocenters. The van der Waals surface area contributed by atoms with E-state index in [0.717, 1.165) is 0 Å². The average Bonchev–Trinajstić information content (AvgIpc) is 2.20. The van der Waals surface area contributed by atoms with Crippen LogP contribution in [0.4, 0.5) is 0 Å². The number of carbonyl (C=O) groups excluding carboxylic acids is 1. The Balaban J connectivity index is 3.42. The summed E-state index contributed by atoms with van der Waals surface area (Å²) in [5.41, 5.74) is 0.349. The maximum Gasteiger partial charge on any atom is 0.343 e. The number of nitrogens with zero attached hydrogens (tertiary/aromatic N) is 1. The molecular weight excluding hydrogens is 182 g/mol. The van der Waals surface area contributed by atoms with Gasteiger partial charge in [-0.3, -0.25) is 4.79 Å². The summed E-state index contributed by atoms with van der Waals surface area (Å²) in [6.45, 7) is 3.56. The molecule has 0 fully saturated rings. The number of methoxy groups -OCH3 is 1. The SMILES string of the molecule is C=Cc1cc(C(=O)OC)c(=O)n(C)c1. The summed E-state index contributed by atoms with van der Waals surface area (Å²) in [6.07, 6.45) is 3.16. The van der Waals surface area contributed by atoms with Crippen LogP contribution in [0.2, 0.25) is 0 Å². The molecule has 0 radical (unpaired) electrons. The summed E-state index contributed by atoms with van der Waals surface area (Å²) in [6, 6.07) is 1.46. The highest BCUT2D eigenvalue weighted by Gasteiger charge is 2.12. The normalized spacial score (nSPS) is 9.57. The van der Waals surface area contributed by atoms with Gasteiger partial charge in [0.05, 0.1) is 7.11 Å². The second-order valence-corrected chi connectivity index (χ2v) is 2.80. The largest absolute Gasteiger partial charge is 0.465 e. The van der Waals surface area contributed by atoms with E-state index in [1.807, 2.05) is 0 Å². The number of hydrogen-bond donors (Lipinski definition) is 0. The summed E-state index contributed by atoms with van der Waals surface area (Å²) in [4.78, 5) is 22.6. The van der Waals surface area contributed by atoms with Gasteiger partial charge in [-0.05, 0) is 11.6 Å². The number of esters is 1. The monoisotopic (exact) mass is 193 g/mol. The summed E-state index contributed by atoms with van der Waals surface area (Å²) in [5.74, 6) is -0.630. The molecule has 0 saturated heterocycles. The van der Waals surface area contributed by atoms with Crippen LogP contribution in [0.3, 0.4) is 0 Å². The first-order chi connectivity index (χ1) is 6.60. The molecule has 14 heavy (non-hydrogen) atoms. The molecular formula is C10H11NO3. The van der Waals surface area contributed by atoms with Crippen molar-refractivity contribution in [2.45, 2.75) is 0 Å². The molecule has 0 saturated carbocycles. The molecule has 0 bridgehead atoms. The number of pyridine rings is 1. The Bertz CT molecular complexity index is 431. The van der Waals surface area contributed by atoms with Crippen LogP contribution in [0.25, 0.3) is 6.08 Å². The molecule has 1 aromatic heterocycles. The first-order valence-corrected chi connectivity index (χ1v) is 4.01. The fourth-order valence-corrected chi connectivity index (χ4v) is 1.11. The fraction of sp³-hybridized carbons (Fsp3) is 0.200. The number of carbonyl (C=O) groups is 1. The van der Waals surface area contributed by atoms with Crippen molar-refractivity contribution in [1.82, 2.24) is 4.57 Å². The van der Waals surface area contributed by atoms with E-state index in [-0.39, 0.29) is 11.1 Å². The maximum atomic E-state index is 11.5. The lowest BCUT2D eigenvalue weighted by atomic mass is 10.2. The minimum absolute atomic E-state index is 0.0207. The van der Waals surface area contributed by atoms with Crippen LogP contribution in [0.1, 0.15) is 15.9 Å². The lowest BCUT2D eigenvalue weighted by molar-refractivity contribution is 0.0598. The van der Waals surface area contributed by atoms with Gasteiger partial charge >= 0.3 is 5.97 Å². The van der Waals surface area contributed by atoms with Gasteiger partial charge in [0.25, 0.3) is 5.56 Å². The van der Waals surface area contributed by atoms with E-state index in [0.29, 0.717) is 5.56 Å². The van der Waals surface area contributed by atoms with E-state index in [1.165, 1.54) is 17.7 Å². The fourth-order valence-electron chi connectivity index (χ4n) is 1.11. The second-order valence-electron chi connectivity index (χ2n) is 2.80. The van der Waals surface area contributed by atoms with Crippen molar-refractivity contribution in [3.8, 4) is 0 Å². The Morgan fingerprint density at radius 3 is 2.79 bits per heavy atom. The second kappa shape index (κ2) is 3.91. The van der Waals surface area contributed by atoms with Crippen LogP contribution in [-0.2, 0) is 11.8 Å². The smallest absolute Gasteiger partial charge is 0.343 e. The molecule has 1 rings (SSSR count). The highest BCUT2D eigenvalue weighted by Crippen LogP contribution is 2.02. The minimum Gasteiger partial charge on any atom is -0.465 e. The van der Waals surface area contributed by atoms with Crippen molar-refractivity contribution in [1.29, 1.82) is 0 Å². The van der Waals surface area contributed by atoms with Crippen LogP contribution in [-0.4, -0.2) is 17.6 Å². The maximum absolute atomic E-state index is 11.5. The Morgan fingerprint density at radius 1 is 1.64 bits per heavy atom. The average molecular weight is 193 g/mol. The van der Waals surface area contributed by atoms with E-state index >= 15 is 0 Å². The van der Waals surface area contributed by atoms with Gasteiger partial charge in [0, 0.05) is 13.2 Å². The predicted octanol–water partition coefficient (Wildman–Crippen LogP) is 0.815. The zero-order chi connectivity index (χ0) is 10.7. The lowest BCUT2D eigenvalue weighted by Crippen LogP contribution is -2.24. The Hall–Kier alpha value is -1.84. The van der Waals surface area contributed by atoms with Crippen molar-refractivity contribution < 1.29 is 9.53 Å². The molecule has 1 heterocycles. The molecule has 0 aliphatic rings. The van der Waals surface area contributed by atoms with Gasteiger partial charge < -0.3 is 9.30 Å². The van der Waals surface area contributed by atoms with Gasteiger partial charge in [-0.2, -0.15) is 0 Å². The Labute approximate surface area is 81.4 Å². The van der Waals surface area contributed by atoms with Crippen molar-refractivity contribution >= 4 is 12.0 Å². The van der Waals surface area contributed by atoms with Gasteiger partial charge in [0.1, 0.15) is 5.56 Å². The summed E-state index contributed by atoms with van der Waals surface area (Å²) >= 11 is 0. The molecule has 0 N–H and O–H groups in total. The van der Waals surface area contributed by atoms with E-state index in [1.54, 1.807) is 19.3 Å². The molecule has 1 aromatic rings. The topological polar surface area (TPSA) is 48.3 Å².